The van der Waals surface area contributed by atoms with Gasteiger partial charge in [0.2, 0.25) is 0 Å². The normalized spacial score (nSPS) is 13.1. The van der Waals surface area contributed by atoms with Crippen LogP contribution < -0.4 is 15.5 Å². The first-order chi connectivity index (χ1) is 13.6. The van der Waals surface area contributed by atoms with Gasteiger partial charge in [-0.1, -0.05) is 50.2 Å². The standard InChI is InChI=1S/C24H33N3O2/c1-15(2)20-13-9-12-18(5)23(20)26-24(29)19(6)27(7)14-21(28)25-22-16(3)10-8-11-17(22)4/h8-13,15,19H,14H2,1-7H3,(H,25,28)(H,26,29)/p+1/t19-/m0/s1. The van der Waals surface area contributed by atoms with Crippen molar-refractivity contribution in [3.8, 4) is 0 Å². The summed E-state index contributed by atoms with van der Waals surface area (Å²) in [6.07, 6.45) is 0. The molecule has 2 aromatic rings. The Bertz CT molecular complexity index is 869. The average molecular weight is 397 g/mol. The first-order valence-corrected chi connectivity index (χ1v) is 10.2. The predicted molar refractivity (Wildman–Crippen MR) is 120 cm³/mol. The van der Waals surface area contributed by atoms with Crippen molar-refractivity contribution in [3.63, 3.8) is 0 Å². The minimum Gasteiger partial charge on any atom is -0.321 e. The molecule has 2 rings (SSSR count). The van der Waals surface area contributed by atoms with Gasteiger partial charge in [0, 0.05) is 11.4 Å². The van der Waals surface area contributed by atoms with Crippen molar-refractivity contribution in [2.75, 3.05) is 24.2 Å². The number of quaternary nitrogens is 1. The SMILES string of the molecule is Cc1cccc(C)c1NC(=O)C[NH+](C)[C@@H](C)C(=O)Nc1c(C)cccc1C(C)C. The van der Waals surface area contributed by atoms with E-state index in [0.29, 0.717) is 5.92 Å². The summed E-state index contributed by atoms with van der Waals surface area (Å²) in [6, 6.07) is 11.6. The van der Waals surface area contributed by atoms with Crippen LogP contribution in [0.2, 0.25) is 0 Å². The molecular formula is C24H34N3O2+. The van der Waals surface area contributed by atoms with Crippen molar-refractivity contribution in [2.24, 2.45) is 0 Å². The summed E-state index contributed by atoms with van der Waals surface area (Å²) in [6.45, 7) is 12.2. The van der Waals surface area contributed by atoms with Gasteiger partial charge in [0.1, 0.15) is 0 Å². The van der Waals surface area contributed by atoms with E-state index in [2.05, 4.69) is 24.5 Å². The number of hydrogen-bond acceptors (Lipinski definition) is 2. The lowest BCUT2D eigenvalue weighted by Gasteiger charge is -2.23. The topological polar surface area (TPSA) is 62.6 Å². The summed E-state index contributed by atoms with van der Waals surface area (Å²) in [4.78, 5) is 26.3. The number of benzene rings is 2. The van der Waals surface area contributed by atoms with Gasteiger partial charge in [0.15, 0.2) is 12.6 Å². The molecule has 156 valence electrons. The van der Waals surface area contributed by atoms with Gasteiger partial charge in [0.25, 0.3) is 11.8 Å². The minimum atomic E-state index is -0.363. The fourth-order valence-electron chi connectivity index (χ4n) is 3.40. The molecule has 0 aliphatic carbocycles. The predicted octanol–water partition coefficient (Wildman–Crippen LogP) is 3.22. The monoisotopic (exact) mass is 396 g/mol. The molecule has 0 aliphatic rings. The molecule has 29 heavy (non-hydrogen) atoms. The zero-order valence-corrected chi connectivity index (χ0v) is 18.6. The van der Waals surface area contributed by atoms with Crippen molar-refractivity contribution in [3.05, 3.63) is 58.7 Å². The highest BCUT2D eigenvalue weighted by atomic mass is 16.2. The van der Waals surface area contributed by atoms with Crippen LogP contribution in [0.5, 0.6) is 0 Å². The number of amides is 2. The van der Waals surface area contributed by atoms with Crippen LogP contribution >= 0.6 is 0 Å². The maximum atomic E-state index is 12.9. The van der Waals surface area contributed by atoms with Crippen LogP contribution in [0.4, 0.5) is 11.4 Å². The molecule has 0 heterocycles. The summed E-state index contributed by atoms with van der Waals surface area (Å²) in [5.74, 6) is 0.130. The first-order valence-electron chi connectivity index (χ1n) is 10.2. The summed E-state index contributed by atoms with van der Waals surface area (Å²) < 4.78 is 0. The number of carbonyl (C=O) groups is 2. The first kappa shape index (κ1) is 22.6. The van der Waals surface area contributed by atoms with Crippen molar-refractivity contribution >= 4 is 23.2 Å². The van der Waals surface area contributed by atoms with Gasteiger partial charge < -0.3 is 15.5 Å². The molecule has 5 nitrogen and oxygen atoms in total. The highest BCUT2D eigenvalue weighted by Gasteiger charge is 2.25. The van der Waals surface area contributed by atoms with Crippen LogP contribution in [-0.4, -0.2) is 31.4 Å². The molecule has 2 atom stereocenters. The van der Waals surface area contributed by atoms with E-state index < -0.39 is 0 Å². The van der Waals surface area contributed by atoms with Gasteiger partial charge in [0.05, 0.1) is 7.05 Å². The molecule has 2 aromatic carbocycles. The lowest BCUT2D eigenvalue weighted by Crippen LogP contribution is -3.14. The number of rotatable bonds is 7. The van der Waals surface area contributed by atoms with E-state index in [1.165, 1.54) is 0 Å². The number of nitrogens with one attached hydrogen (secondary N) is 3. The lowest BCUT2D eigenvalue weighted by atomic mass is 9.98. The van der Waals surface area contributed by atoms with Crippen molar-refractivity contribution in [1.29, 1.82) is 0 Å². The summed E-state index contributed by atoms with van der Waals surface area (Å²) in [5.41, 5.74) is 5.96. The van der Waals surface area contributed by atoms with E-state index in [4.69, 9.17) is 0 Å². The molecule has 0 fully saturated rings. The zero-order valence-electron chi connectivity index (χ0n) is 18.6. The third kappa shape index (κ3) is 5.67. The van der Waals surface area contributed by atoms with E-state index in [1.807, 2.05) is 71.1 Å². The molecule has 0 aliphatic heterocycles. The zero-order chi connectivity index (χ0) is 21.7. The largest absolute Gasteiger partial charge is 0.321 e. The molecule has 0 saturated heterocycles. The fourth-order valence-corrected chi connectivity index (χ4v) is 3.40. The van der Waals surface area contributed by atoms with Crippen molar-refractivity contribution in [2.45, 2.75) is 53.5 Å². The molecule has 5 heteroatoms. The molecular weight excluding hydrogens is 362 g/mol. The molecule has 0 saturated carbocycles. The van der Waals surface area contributed by atoms with Crippen LogP contribution in [0.25, 0.3) is 0 Å². The van der Waals surface area contributed by atoms with Gasteiger partial charge in [-0.15, -0.1) is 0 Å². The second-order valence-corrected chi connectivity index (χ2v) is 8.24. The third-order valence-corrected chi connectivity index (χ3v) is 5.49. The van der Waals surface area contributed by atoms with Gasteiger partial charge >= 0.3 is 0 Å². The lowest BCUT2D eigenvalue weighted by molar-refractivity contribution is -0.885. The van der Waals surface area contributed by atoms with Gasteiger partial charge in [-0.2, -0.15) is 0 Å². The number of likely N-dealkylation sites (N-methyl/N-ethyl adjacent to an activating group) is 1. The van der Waals surface area contributed by atoms with Crippen LogP contribution in [0.3, 0.4) is 0 Å². The molecule has 0 spiro atoms. The van der Waals surface area contributed by atoms with Crippen LogP contribution in [0, 0.1) is 20.8 Å². The Morgan fingerprint density at radius 2 is 1.38 bits per heavy atom. The Labute approximate surface area is 174 Å². The maximum Gasteiger partial charge on any atom is 0.282 e. The number of carbonyl (C=O) groups excluding carboxylic acids is 2. The summed E-state index contributed by atoms with van der Waals surface area (Å²) in [5, 5.41) is 6.09. The Balaban J connectivity index is 2.04. The average Bonchev–Trinajstić information content (AvgIpc) is 2.65. The Morgan fingerprint density at radius 1 is 0.862 bits per heavy atom. The highest BCUT2D eigenvalue weighted by molar-refractivity contribution is 5.96. The Hall–Kier alpha value is -2.66. The molecule has 0 bridgehead atoms. The number of hydrogen-bond donors (Lipinski definition) is 3. The van der Waals surface area contributed by atoms with E-state index in [-0.39, 0.29) is 24.4 Å². The molecule has 0 radical (unpaired) electrons. The second-order valence-electron chi connectivity index (χ2n) is 8.24. The van der Waals surface area contributed by atoms with Gasteiger partial charge in [-0.25, -0.2) is 0 Å². The summed E-state index contributed by atoms with van der Waals surface area (Å²) in [7, 11) is 1.87. The van der Waals surface area contributed by atoms with Crippen LogP contribution in [0.15, 0.2) is 36.4 Å². The quantitative estimate of drug-likeness (QED) is 0.673. The van der Waals surface area contributed by atoms with E-state index >= 15 is 0 Å². The van der Waals surface area contributed by atoms with E-state index in [9.17, 15) is 9.59 Å². The number of aryl methyl sites for hydroxylation is 3. The fraction of sp³-hybridized carbons (Fsp3) is 0.417. The second kappa shape index (κ2) is 9.70. The Morgan fingerprint density at radius 3 is 1.93 bits per heavy atom. The Kier molecular flexibility index (Phi) is 7.57. The smallest absolute Gasteiger partial charge is 0.282 e. The molecule has 1 unspecified atom stereocenters. The molecule has 2 amide bonds. The number of anilines is 2. The van der Waals surface area contributed by atoms with E-state index in [1.54, 1.807) is 0 Å². The van der Waals surface area contributed by atoms with Crippen molar-refractivity contribution < 1.29 is 14.5 Å². The highest BCUT2D eigenvalue weighted by Crippen LogP contribution is 2.27. The maximum absolute atomic E-state index is 12.9. The van der Waals surface area contributed by atoms with Gasteiger partial charge in [-0.05, 0) is 55.9 Å². The van der Waals surface area contributed by atoms with Crippen LogP contribution in [-0.2, 0) is 9.59 Å². The van der Waals surface area contributed by atoms with Crippen molar-refractivity contribution in [1.82, 2.24) is 0 Å². The minimum absolute atomic E-state index is 0.0847. The molecule has 0 aromatic heterocycles. The van der Waals surface area contributed by atoms with E-state index in [0.717, 1.165) is 38.5 Å². The van der Waals surface area contributed by atoms with Crippen LogP contribution in [0.1, 0.15) is 48.9 Å². The van der Waals surface area contributed by atoms with Gasteiger partial charge in [-0.3, -0.25) is 9.59 Å². The third-order valence-electron chi connectivity index (χ3n) is 5.49. The molecule has 3 N–H and O–H groups in total. The summed E-state index contributed by atoms with van der Waals surface area (Å²) >= 11 is 0. The number of para-hydroxylation sites is 2.